The van der Waals surface area contributed by atoms with Crippen LogP contribution >= 0.6 is 0 Å². The minimum Gasteiger partial charge on any atom is -0.497 e. The average Bonchev–Trinajstić information content (AvgIpc) is 3.00. The summed E-state index contributed by atoms with van der Waals surface area (Å²) in [4.78, 5) is 16.5. The Hall–Kier alpha value is -2.37. The van der Waals surface area contributed by atoms with Crippen molar-refractivity contribution in [1.29, 1.82) is 0 Å². The quantitative estimate of drug-likeness (QED) is 0.874. The first kappa shape index (κ1) is 16.1. The van der Waals surface area contributed by atoms with Gasteiger partial charge in [-0.1, -0.05) is 30.1 Å². The van der Waals surface area contributed by atoms with E-state index in [4.69, 9.17) is 9.26 Å². The zero-order chi connectivity index (χ0) is 17.2. The van der Waals surface area contributed by atoms with E-state index < -0.39 is 0 Å². The first-order valence-electron chi connectivity index (χ1n) is 8.98. The van der Waals surface area contributed by atoms with Crippen molar-refractivity contribution < 1.29 is 14.1 Å². The standard InChI is InChI=1S/C19H23N3O3/c1-24-14-8-4-5-12(9-14)15-10-16(15)19-21-17(22-25-19)11-18(23)20-13-6-2-3-7-13/h4-5,8-9,13,15-16H,2-3,6-7,10-11H2,1H3,(H,20,23)/t15-,16+/m0/s1. The first-order chi connectivity index (χ1) is 12.2. The molecule has 2 aliphatic carbocycles. The summed E-state index contributed by atoms with van der Waals surface area (Å²) < 4.78 is 10.7. The van der Waals surface area contributed by atoms with Gasteiger partial charge in [-0.05, 0) is 42.9 Å². The van der Waals surface area contributed by atoms with Crippen LogP contribution in [0.25, 0.3) is 0 Å². The Morgan fingerprint density at radius 2 is 2.16 bits per heavy atom. The molecule has 2 aliphatic rings. The Labute approximate surface area is 147 Å². The number of nitrogens with one attached hydrogen (secondary N) is 1. The van der Waals surface area contributed by atoms with Gasteiger partial charge in [0, 0.05) is 12.0 Å². The van der Waals surface area contributed by atoms with Gasteiger partial charge in [0.05, 0.1) is 13.5 Å². The molecular formula is C19H23N3O3. The highest BCUT2D eigenvalue weighted by Crippen LogP contribution is 2.54. The molecule has 6 heteroatoms. The van der Waals surface area contributed by atoms with Crippen molar-refractivity contribution >= 4 is 5.91 Å². The number of hydrogen-bond donors (Lipinski definition) is 1. The van der Waals surface area contributed by atoms with Crippen molar-refractivity contribution in [3.05, 3.63) is 41.5 Å². The van der Waals surface area contributed by atoms with E-state index in [1.54, 1.807) is 7.11 Å². The predicted octanol–water partition coefficient (Wildman–Crippen LogP) is 2.95. The third kappa shape index (κ3) is 3.67. The molecule has 1 heterocycles. The minimum atomic E-state index is -0.0145. The third-order valence-electron chi connectivity index (χ3n) is 5.15. The molecule has 1 aromatic heterocycles. The minimum absolute atomic E-state index is 0.0145. The van der Waals surface area contributed by atoms with Crippen molar-refractivity contribution in [2.75, 3.05) is 7.11 Å². The molecule has 1 N–H and O–H groups in total. The van der Waals surface area contributed by atoms with Crippen molar-refractivity contribution in [2.24, 2.45) is 0 Å². The first-order valence-corrected chi connectivity index (χ1v) is 8.98. The number of ether oxygens (including phenoxy) is 1. The lowest BCUT2D eigenvalue weighted by molar-refractivity contribution is -0.121. The molecule has 0 aliphatic heterocycles. The lowest BCUT2D eigenvalue weighted by atomic mass is 10.1. The van der Waals surface area contributed by atoms with Crippen molar-refractivity contribution in [3.8, 4) is 5.75 Å². The molecule has 1 aromatic carbocycles. The summed E-state index contributed by atoms with van der Waals surface area (Å²) in [7, 11) is 1.67. The molecule has 0 bridgehead atoms. The van der Waals surface area contributed by atoms with Crippen LogP contribution in [0.15, 0.2) is 28.8 Å². The van der Waals surface area contributed by atoms with Crippen LogP contribution in [-0.4, -0.2) is 29.2 Å². The van der Waals surface area contributed by atoms with Crippen LogP contribution in [0.5, 0.6) is 5.75 Å². The number of aromatic nitrogens is 2. The van der Waals surface area contributed by atoms with Gasteiger partial charge in [0.25, 0.3) is 0 Å². The van der Waals surface area contributed by atoms with Gasteiger partial charge < -0.3 is 14.6 Å². The van der Waals surface area contributed by atoms with Crippen LogP contribution in [-0.2, 0) is 11.2 Å². The summed E-state index contributed by atoms with van der Waals surface area (Å²) in [5, 5.41) is 7.04. The Balaban J connectivity index is 1.34. The highest BCUT2D eigenvalue weighted by Gasteiger charge is 2.43. The van der Waals surface area contributed by atoms with Gasteiger partial charge in [0.2, 0.25) is 11.8 Å². The molecule has 2 aromatic rings. The molecule has 0 radical (unpaired) electrons. The molecule has 1 amide bonds. The van der Waals surface area contributed by atoms with E-state index in [1.165, 1.54) is 18.4 Å². The maximum Gasteiger partial charge on any atom is 0.230 e. The van der Waals surface area contributed by atoms with Crippen LogP contribution in [0.3, 0.4) is 0 Å². The van der Waals surface area contributed by atoms with Crippen LogP contribution in [0.2, 0.25) is 0 Å². The number of hydrogen-bond acceptors (Lipinski definition) is 5. The topological polar surface area (TPSA) is 77.2 Å². The summed E-state index contributed by atoms with van der Waals surface area (Å²) in [5.74, 6) is 2.58. The maximum atomic E-state index is 12.1. The summed E-state index contributed by atoms with van der Waals surface area (Å²) in [6.45, 7) is 0. The Kier molecular flexibility index (Phi) is 4.42. The van der Waals surface area contributed by atoms with E-state index in [9.17, 15) is 4.79 Å². The lowest BCUT2D eigenvalue weighted by Gasteiger charge is -2.10. The van der Waals surface area contributed by atoms with E-state index in [2.05, 4.69) is 27.6 Å². The maximum absolute atomic E-state index is 12.1. The Bertz CT molecular complexity index is 752. The highest BCUT2D eigenvalue weighted by molar-refractivity contribution is 5.78. The molecule has 0 unspecified atom stereocenters. The van der Waals surface area contributed by atoms with Gasteiger partial charge >= 0.3 is 0 Å². The van der Waals surface area contributed by atoms with Gasteiger partial charge in [0.15, 0.2) is 5.82 Å². The van der Waals surface area contributed by atoms with E-state index in [-0.39, 0.29) is 18.2 Å². The van der Waals surface area contributed by atoms with E-state index >= 15 is 0 Å². The fourth-order valence-corrected chi connectivity index (χ4v) is 3.69. The Morgan fingerprint density at radius 3 is 2.96 bits per heavy atom. The van der Waals surface area contributed by atoms with Gasteiger partial charge in [-0.3, -0.25) is 4.79 Å². The van der Waals surface area contributed by atoms with Gasteiger partial charge in [0.1, 0.15) is 5.75 Å². The average molecular weight is 341 g/mol. The van der Waals surface area contributed by atoms with E-state index in [0.717, 1.165) is 25.0 Å². The smallest absolute Gasteiger partial charge is 0.230 e. The largest absolute Gasteiger partial charge is 0.497 e. The van der Waals surface area contributed by atoms with Crippen molar-refractivity contribution in [3.63, 3.8) is 0 Å². The van der Waals surface area contributed by atoms with Crippen LogP contribution < -0.4 is 10.1 Å². The monoisotopic (exact) mass is 341 g/mol. The second-order valence-electron chi connectivity index (χ2n) is 7.00. The molecule has 2 atom stereocenters. The summed E-state index contributed by atoms with van der Waals surface area (Å²) >= 11 is 0. The molecule has 6 nitrogen and oxygen atoms in total. The van der Waals surface area contributed by atoms with Crippen LogP contribution in [0.1, 0.15) is 61.2 Å². The van der Waals surface area contributed by atoms with E-state index in [1.807, 2.05) is 12.1 Å². The SMILES string of the molecule is COc1cccc([C@@H]2C[C@H]2c2nc(CC(=O)NC3CCCC3)no2)c1. The predicted molar refractivity (Wildman–Crippen MR) is 91.5 cm³/mol. The number of benzene rings is 1. The fraction of sp³-hybridized carbons (Fsp3) is 0.526. The second-order valence-corrected chi connectivity index (χ2v) is 7.00. The van der Waals surface area contributed by atoms with Crippen LogP contribution in [0, 0.1) is 0 Å². The third-order valence-corrected chi connectivity index (χ3v) is 5.15. The lowest BCUT2D eigenvalue weighted by Crippen LogP contribution is -2.33. The normalized spacial score (nSPS) is 22.8. The summed E-state index contributed by atoms with van der Waals surface area (Å²) in [5.41, 5.74) is 1.23. The highest BCUT2D eigenvalue weighted by atomic mass is 16.5. The molecule has 132 valence electrons. The summed E-state index contributed by atoms with van der Waals surface area (Å²) in [6, 6.07) is 8.40. The molecular weight excluding hydrogens is 318 g/mol. The number of carbonyl (C=O) groups is 1. The molecule has 2 fully saturated rings. The number of rotatable bonds is 6. The zero-order valence-electron chi connectivity index (χ0n) is 14.4. The van der Waals surface area contributed by atoms with Crippen LogP contribution in [0.4, 0.5) is 0 Å². The number of carbonyl (C=O) groups excluding carboxylic acids is 1. The molecule has 0 spiro atoms. The van der Waals surface area contributed by atoms with Crippen molar-refractivity contribution in [2.45, 2.75) is 56.4 Å². The fourth-order valence-electron chi connectivity index (χ4n) is 3.69. The molecule has 0 saturated heterocycles. The van der Waals surface area contributed by atoms with Gasteiger partial charge in [-0.2, -0.15) is 4.98 Å². The summed E-state index contributed by atoms with van der Waals surface area (Å²) in [6.07, 6.45) is 5.73. The molecule has 2 saturated carbocycles. The zero-order valence-corrected chi connectivity index (χ0v) is 14.4. The van der Waals surface area contributed by atoms with E-state index in [0.29, 0.717) is 23.7 Å². The number of amides is 1. The molecule has 4 rings (SSSR count). The number of nitrogens with zero attached hydrogens (tertiary/aromatic N) is 2. The number of methoxy groups -OCH3 is 1. The van der Waals surface area contributed by atoms with Crippen molar-refractivity contribution in [1.82, 2.24) is 15.5 Å². The Morgan fingerprint density at radius 1 is 1.32 bits per heavy atom. The molecule has 25 heavy (non-hydrogen) atoms. The van der Waals surface area contributed by atoms with Gasteiger partial charge in [-0.25, -0.2) is 0 Å². The van der Waals surface area contributed by atoms with Gasteiger partial charge in [-0.15, -0.1) is 0 Å². The second kappa shape index (κ2) is 6.86.